The van der Waals surface area contributed by atoms with Crippen molar-refractivity contribution in [3.05, 3.63) is 35.9 Å². The average Bonchev–Trinajstić information content (AvgIpc) is 2.42. The molecule has 0 radical (unpaired) electrons. The van der Waals surface area contributed by atoms with Crippen molar-refractivity contribution >= 4 is 21.7 Å². The molecule has 0 bridgehead atoms. The topological polar surface area (TPSA) is 101 Å². The van der Waals surface area contributed by atoms with Crippen molar-refractivity contribution in [3.63, 3.8) is 0 Å². The number of carbonyl (C=O) groups is 2. The van der Waals surface area contributed by atoms with Gasteiger partial charge in [0.2, 0.25) is 5.91 Å². The van der Waals surface area contributed by atoms with Gasteiger partial charge in [-0.2, -0.15) is 0 Å². The van der Waals surface area contributed by atoms with E-state index in [0.29, 0.717) is 19.3 Å². The van der Waals surface area contributed by atoms with E-state index in [1.54, 1.807) is 24.3 Å². The van der Waals surface area contributed by atoms with Crippen LogP contribution in [0.4, 0.5) is 0 Å². The molecule has 1 saturated carbocycles. The molecule has 0 spiro atoms. The summed E-state index contributed by atoms with van der Waals surface area (Å²) in [5.74, 6) is -2.32. The lowest BCUT2D eigenvalue weighted by Gasteiger charge is -2.31. The van der Waals surface area contributed by atoms with Gasteiger partial charge in [-0.15, -0.1) is 0 Å². The van der Waals surface area contributed by atoms with Crippen LogP contribution in [0.3, 0.4) is 0 Å². The van der Waals surface area contributed by atoms with Crippen LogP contribution in [0.2, 0.25) is 0 Å². The zero-order valence-electron chi connectivity index (χ0n) is 12.8. The molecule has 0 heterocycles. The van der Waals surface area contributed by atoms with E-state index in [1.165, 1.54) is 0 Å². The number of carboxylic acid groups (broad SMARTS) is 1. The third-order valence-corrected chi connectivity index (χ3v) is 5.77. The van der Waals surface area contributed by atoms with Gasteiger partial charge in [-0.1, -0.05) is 30.3 Å². The van der Waals surface area contributed by atoms with E-state index in [2.05, 4.69) is 5.32 Å². The molecular formula is C16H21NO5S. The Balaban J connectivity index is 1.70. The first-order valence-corrected chi connectivity index (χ1v) is 9.46. The van der Waals surface area contributed by atoms with Gasteiger partial charge in [-0.3, -0.25) is 9.59 Å². The molecule has 2 rings (SSSR count). The summed E-state index contributed by atoms with van der Waals surface area (Å²) in [6.45, 7) is 0.246. The third kappa shape index (κ3) is 5.06. The van der Waals surface area contributed by atoms with Gasteiger partial charge in [0.1, 0.15) is 0 Å². The maximum atomic E-state index is 12.0. The van der Waals surface area contributed by atoms with E-state index in [9.17, 15) is 18.0 Å². The van der Waals surface area contributed by atoms with Crippen molar-refractivity contribution < 1.29 is 23.1 Å². The van der Waals surface area contributed by atoms with E-state index in [0.717, 1.165) is 5.56 Å². The largest absolute Gasteiger partial charge is 0.481 e. The Hall–Kier alpha value is -1.89. The minimum atomic E-state index is -3.21. The van der Waals surface area contributed by atoms with Gasteiger partial charge in [0, 0.05) is 6.54 Å². The molecule has 6 nitrogen and oxygen atoms in total. The molecule has 1 aliphatic rings. The van der Waals surface area contributed by atoms with E-state index in [1.807, 2.05) is 6.07 Å². The maximum Gasteiger partial charge on any atom is 0.307 e. The number of aliphatic carboxylic acids is 1. The van der Waals surface area contributed by atoms with Crippen molar-refractivity contribution in [2.45, 2.75) is 25.0 Å². The fourth-order valence-electron chi connectivity index (χ4n) is 2.64. The number of rotatable bonds is 8. The summed E-state index contributed by atoms with van der Waals surface area (Å²) in [5.41, 5.74) is 0.746. The van der Waals surface area contributed by atoms with Gasteiger partial charge in [-0.05, 0) is 24.8 Å². The normalized spacial score (nSPS) is 20.5. The zero-order chi connectivity index (χ0) is 16.9. The molecule has 23 heavy (non-hydrogen) atoms. The molecule has 2 N–H and O–H groups in total. The van der Waals surface area contributed by atoms with E-state index >= 15 is 0 Å². The van der Waals surface area contributed by atoms with Gasteiger partial charge < -0.3 is 10.4 Å². The molecule has 1 amide bonds. The van der Waals surface area contributed by atoms with Gasteiger partial charge in [0.25, 0.3) is 0 Å². The minimum Gasteiger partial charge on any atom is -0.481 e. The number of sulfone groups is 1. The fourth-order valence-corrected chi connectivity index (χ4v) is 4.07. The second-order valence-corrected chi connectivity index (χ2v) is 8.03. The lowest BCUT2D eigenvalue weighted by molar-refractivity contribution is -0.152. The monoisotopic (exact) mass is 339 g/mol. The lowest BCUT2D eigenvalue weighted by Crippen LogP contribution is -2.44. The maximum absolute atomic E-state index is 12.0. The Bertz CT molecular complexity index is 656. The number of carboxylic acids is 1. The van der Waals surface area contributed by atoms with Gasteiger partial charge in [0.15, 0.2) is 9.84 Å². The van der Waals surface area contributed by atoms with Crippen LogP contribution in [-0.2, 0) is 25.2 Å². The highest BCUT2D eigenvalue weighted by molar-refractivity contribution is 7.90. The summed E-state index contributed by atoms with van der Waals surface area (Å²) in [6.07, 6.45) is 1.43. The van der Waals surface area contributed by atoms with Gasteiger partial charge in [-0.25, -0.2) is 8.42 Å². The Kier molecular flexibility index (Phi) is 5.76. The van der Waals surface area contributed by atoms with Crippen LogP contribution in [0.25, 0.3) is 0 Å². The summed E-state index contributed by atoms with van der Waals surface area (Å²) < 4.78 is 24.0. The first-order valence-electron chi connectivity index (χ1n) is 7.64. The average molecular weight is 339 g/mol. The van der Waals surface area contributed by atoms with Crippen molar-refractivity contribution in [2.24, 2.45) is 11.8 Å². The summed E-state index contributed by atoms with van der Waals surface area (Å²) in [6, 6.07) is 8.95. The fraction of sp³-hybridized carbons (Fsp3) is 0.500. The number of hydrogen-bond acceptors (Lipinski definition) is 4. The predicted octanol–water partition coefficient (Wildman–Crippen LogP) is 1.22. The van der Waals surface area contributed by atoms with Gasteiger partial charge in [0.05, 0.1) is 23.3 Å². The lowest BCUT2D eigenvalue weighted by atomic mass is 9.73. The molecule has 0 aromatic heterocycles. The molecule has 1 aromatic rings. The Morgan fingerprint density at radius 3 is 2.35 bits per heavy atom. The highest BCUT2D eigenvalue weighted by Crippen LogP contribution is 2.34. The van der Waals surface area contributed by atoms with Crippen LogP contribution < -0.4 is 5.32 Å². The van der Waals surface area contributed by atoms with E-state index in [-0.39, 0.29) is 24.0 Å². The second kappa shape index (κ2) is 7.59. The van der Waals surface area contributed by atoms with Crippen molar-refractivity contribution in [2.75, 3.05) is 12.3 Å². The summed E-state index contributed by atoms with van der Waals surface area (Å²) in [5, 5.41) is 11.6. The molecule has 2 unspecified atom stereocenters. The summed E-state index contributed by atoms with van der Waals surface area (Å²) in [7, 11) is -3.21. The Morgan fingerprint density at radius 1 is 1.13 bits per heavy atom. The molecule has 1 aromatic carbocycles. The first kappa shape index (κ1) is 17.5. The minimum absolute atomic E-state index is 0.00476. The smallest absolute Gasteiger partial charge is 0.307 e. The van der Waals surface area contributed by atoms with Crippen LogP contribution >= 0.6 is 0 Å². The first-order chi connectivity index (χ1) is 10.9. The zero-order valence-corrected chi connectivity index (χ0v) is 13.6. The third-order valence-electron chi connectivity index (χ3n) is 4.09. The Morgan fingerprint density at radius 2 is 1.78 bits per heavy atom. The summed E-state index contributed by atoms with van der Waals surface area (Å²) in [4.78, 5) is 22.7. The highest BCUT2D eigenvalue weighted by atomic mass is 32.2. The Labute approximate surface area is 135 Å². The number of amides is 1. The predicted molar refractivity (Wildman–Crippen MR) is 85.4 cm³/mol. The van der Waals surface area contributed by atoms with Crippen LogP contribution in [0.1, 0.15) is 24.8 Å². The van der Waals surface area contributed by atoms with E-state index < -0.39 is 27.6 Å². The van der Waals surface area contributed by atoms with Crippen LogP contribution in [0.5, 0.6) is 0 Å². The molecule has 1 aliphatic carbocycles. The number of carbonyl (C=O) groups excluding carboxylic acids is 1. The van der Waals surface area contributed by atoms with Crippen molar-refractivity contribution in [1.29, 1.82) is 0 Å². The highest BCUT2D eigenvalue weighted by Gasteiger charge is 2.41. The molecular weight excluding hydrogens is 318 g/mol. The standard InChI is InChI=1S/C16H21NO5S/c18-15(13-7-8-14(13)16(19)20)17-9-4-10-23(21,22)11-12-5-2-1-3-6-12/h1-3,5-6,13-14H,4,7-11H2,(H,17,18)(H,19,20). The molecule has 2 atom stereocenters. The van der Waals surface area contributed by atoms with Crippen molar-refractivity contribution in [3.8, 4) is 0 Å². The quantitative estimate of drug-likeness (QED) is 0.694. The molecule has 126 valence electrons. The second-order valence-electron chi connectivity index (χ2n) is 5.85. The van der Waals surface area contributed by atoms with E-state index in [4.69, 9.17) is 5.11 Å². The van der Waals surface area contributed by atoms with Crippen molar-refractivity contribution in [1.82, 2.24) is 5.32 Å². The van der Waals surface area contributed by atoms with Crippen LogP contribution in [0.15, 0.2) is 30.3 Å². The number of nitrogens with one attached hydrogen (secondary N) is 1. The molecule has 1 fully saturated rings. The summed E-state index contributed by atoms with van der Waals surface area (Å²) >= 11 is 0. The van der Waals surface area contributed by atoms with Crippen LogP contribution in [-0.4, -0.2) is 37.7 Å². The SMILES string of the molecule is O=C(O)C1CCC1C(=O)NCCCS(=O)(=O)Cc1ccccc1. The molecule has 0 aliphatic heterocycles. The number of hydrogen-bond donors (Lipinski definition) is 2. The number of benzene rings is 1. The molecule has 7 heteroatoms. The van der Waals surface area contributed by atoms with Crippen LogP contribution in [0, 0.1) is 11.8 Å². The molecule has 0 saturated heterocycles. The van der Waals surface area contributed by atoms with Gasteiger partial charge >= 0.3 is 5.97 Å².